The second-order valence-corrected chi connectivity index (χ2v) is 7.27. The maximum Gasteiger partial charge on any atom is 0.251 e. The van der Waals surface area contributed by atoms with Crippen LogP contribution < -0.4 is 10.6 Å². The lowest BCUT2D eigenvalue weighted by Crippen LogP contribution is -2.55. The molecule has 1 saturated heterocycles. The van der Waals surface area contributed by atoms with Crippen LogP contribution in [0.3, 0.4) is 0 Å². The zero-order chi connectivity index (χ0) is 20.7. The molecule has 1 heterocycles. The fraction of sp³-hybridized carbons (Fsp3) is 0.550. The number of methoxy groups -OCH3 is 1. The van der Waals surface area contributed by atoms with E-state index in [0.29, 0.717) is 25.9 Å². The summed E-state index contributed by atoms with van der Waals surface area (Å²) in [6.07, 6.45) is 1.19. The van der Waals surface area contributed by atoms with Gasteiger partial charge >= 0.3 is 0 Å². The molecule has 0 aromatic heterocycles. The molecule has 154 valence electrons. The lowest BCUT2D eigenvalue weighted by Gasteiger charge is -2.36. The van der Waals surface area contributed by atoms with Crippen LogP contribution in [-0.2, 0) is 14.3 Å². The molecule has 0 bridgehead atoms. The number of amides is 3. The Morgan fingerprint density at radius 3 is 2.29 bits per heavy atom. The van der Waals surface area contributed by atoms with Crippen LogP contribution in [0, 0.1) is 11.7 Å². The average molecular weight is 393 g/mol. The number of benzene rings is 1. The van der Waals surface area contributed by atoms with E-state index in [0.717, 1.165) is 0 Å². The number of nitrogens with zero attached hydrogens (tertiary/aromatic N) is 1. The predicted molar refractivity (Wildman–Crippen MR) is 102 cm³/mol. The third-order valence-corrected chi connectivity index (χ3v) is 4.74. The number of hydrogen-bond acceptors (Lipinski definition) is 4. The SMILES string of the molecule is COCC(=O)N1CCC([C@@H](NC(=O)c2ccc(F)cc2)C(=O)NC(C)C)CC1. The summed E-state index contributed by atoms with van der Waals surface area (Å²) in [5.41, 5.74) is 0.288. The van der Waals surface area contributed by atoms with Gasteiger partial charge in [0.25, 0.3) is 5.91 Å². The monoisotopic (exact) mass is 393 g/mol. The Morgan fingerprint density at radius 1 is 1.14 bits per heavy atom. The Labute approximate surface area is 164 Å². The molecule has 0 unspecified atom stereocenters. The van der Waals surface area contributed by atoms with Gasteiger partial charge in [0, 0.05) is 31.8 Å². The fourth-order valence-electron chi connectivity index (χ4n) is 3.29. The largest absolute Gasteiger partial charge is 0.375 e. The molecule has 1 aromatic carbocycles. The summed E-state index contributed by atoms with van der Waals surface area (Å²) in [6.45, 7) is 4.74. The van der Waals surface area contributed by atoms with Crippen LogP contribution in [-0.4, -0.2) is 61.5 Å². The summed E-state index contributed by atoms with van der Waals surface area (Å²) >= 11 is 0. The molecule has 7 nitrogen and oxygen atoms in total. The van der Waals surface area contributed by atoms with E-state index < -0.39 is 17.8 Å². The van der Waals surface area contributed by atoms with Gasteiger partial charge in [-0.15, -0.1) is 0 Å². The highest BCUT2D eigenvalue weighted by molar-refractivity contribution is 5.97. The number of piperidine rings is 1. The summed E-state index contributed by atoms with van der Waals surface area (Å²) < 4.78 is 18.0. The highest BCUT2D eigenvalue weighted by Gasteiger charge is 2.34. The van der Waals surface area contributed by atoms with Gasteiger partial charge in [-0.2, -0.15) is 0 Å². The third-order valence-electron chi connectivity index (χ3n) is 4.74. The standard InChI is InChI=1S/C20H28FN3O4/c1-13(2)22-20(27)18(23-19(26)15-4-6-16(21)7-5-15)14-8-10-24(11-9-14)17(25)12-28-3/h4-7,13-14,18H,8-12H2,1-3H3,(H,22,27)(H,23,26)/t18-/m1/s1. The van der Waals surface area contributed by atoms with Crippen molar-refractivity contribution < 1.29 is 23.5 Å². The number of hydrogen-bond donors (Lipinski definition) is 2. The van der Waals surface area contributed by atoms with Gasteiger partial charge in [0.2, 0.25) is 11.8 Å². The molecule has 0 saturated carbocycles. The molecule has 0 aliphatic carbocycles. The molecular formula is C20H28FN3O4. The van der Waals surface area contributed by atoms with Gasteiger partial charge in [-0.1, -0.05) is 0 Å². The lowest BCUT2D eigenvalue weighted by atomic mass is 9.88. The summed E-state index contributed by atoms with van der Waals surface area (Å²) in [6, 6.07) is 4.39. The van der Waals surface area contributed by atoms with Gasteiger partial charge in [0.1, 0.15) is 18.5 Å². The maximum absolute atomic E-state index is 13.1. The molecule has 1 aliphatic rings. The van der Waals surface area contributed by atoms with Crippen LogP contribution in [0.15, 0.2) is 24.3 Å². The molecule has 3 amide bonds. The smallest absolute Gasteiger partial charge is 0.251 e. The van der Waals surface area contributed by atoms with E-state index in [4.69, 9.17) is 4.74 Å². The van der Waals surface area contributed by atoms with Crippen molar-refractivity contribution in [2.75, 3.05) is 26.8 Å². The quantitative estimate of drug-likeness (QED) is 0.732. The first-order valence-electron chi connectivity index (χ1n) is 9.45. The number of nitrogens with one attached hydrogen (secondary N) is 2. The van der Waals surface area contributed by atoms with E-state index in [1.807, 2.05) is 13.8 Å². The van der Waals surface area contributed by atoms with Crippen LogP contribution in [0.25, 0.3) is 0 Å². The van der Waals surface area contributed by atoms with Gasteiger partial charge in [-0.3, -0.25) is 14.4 Å². The fourth-order valence-corrected chi connectivity index (χ4v) is 3.29. The van der Waals surface area contributed by atoms with E-state index in [1.54, 1.807) is 4.90 Å². The van der Waals surface area contributed by atoms with Crippen LogP contribution in [0.4, 0.5) is 4.39 Å². The molecular weight excluding hydrogens is 365 g/mol. The number of rotatable bonds is 7. The van der Waals surface area contributed by atoms with E-state index in [9.17, 15) is 18.8 Å². The van der Waals surface area contributed by atoms with Gasteiger partial charge in [-0.25, -0.2) is 4.39 Å². The molecule has 2 rings (SSSR count). The molecule has 1 atom stereocenters. The molecule has 1 aromatic rings. The first-order chi connectivity index (χ1) is 13.3. The zero-order valence-electron chi connectivity index (χ0n) is 16.5. The third kappa shape index (κ3) is 6.02. The van der Waals surface area contributed by atoms with Gasteiger partial charge < -0.3 is 20.3 Å². The van der Waals surface area contributed by atoms with Crippen molar-refractivity contribution >= 4 is 17.7 Å². The number of carbonyl (C=O) groups is 3. The van der Waals surface area contributed by atoms with Crippen molar-refractivity contribution in [1.29, 1.82) is 0 Å². The van der Waals surface area contributed by atoms with Crippen molar-refractivity contribution in [3.63, 3.8) is 0 Å². The second kappa shape index (κ2) is 10.2. The van der Waals surface area contributed by atoms with Crippen molar-refractivity contribution in [2.45, 2.75) is 38.8 Å². The molecule has 1 fully saturated rings. The average Bonchev–Trinajstić information content (AvgIpc) is 2.66. The highest BCUT2D eigenvalue weighted by atomic mass is 19.1. The van der Waals surface area contributed by atoms with Gasteiger partial charge in [0.15, 0.2) is 0 Å². The van der Waals surface area contributed by atoms with Gasteiger partial charge in [-0.05, 0) is 56.9 Å². The van der Waals surface area contributed by atoms with Crippen LogP contribution in [0.2, 0.25) is 0 Å². The summed E-state index contributed by atoms with van der Waals surface area (Å²) in [5.74, 6) is -1.30. The number of halogens is 1. The predicted octanol–water partition coefficient (Wildman–Crippen LogP) is 1.33. The second-order valence-electron chi connectivity index (χ2n) is 7.27. The summed E-state index contributed by atoms with van der Waals surface area (Å²) in [5, 5.41) is 5.64. The number of carbonyl (C=O) groups excluding carboxylic acids is 3. The van der Waals surface area contributed by atoms with E-state index in [2.05, 4.69) is 10.6 Å². The lowest BCUT2D eigenvalue weighted by molar-refractivity contribution is -0.136. The Balaban J connectivity index is 2.07. The van der Waals surface area contributed by atoms with Crippen LogP contribution in [0.5, 0.6) is 0 Å². The molecule has 8 heteroatoms. The minimum atomic E-state index is -0.723. The Morgan fingerprint density at radius 2 is 1.75 bits per heavy atom. The Kier molecular flexibility index (Phi) is 7.92. The normalized spacial score (nSPS) is 16.0. The van der Waals surface area contributed by atoms with E-state index in [1.165, 1.54) is 31.4 Å². The molecule has 2 N–H and O–H groups in total. The topological polar surface area (TPSA) is 87.7 Å². The van der Waals surface area contributed by atoms with Crippen molar-refractivity contribution in [3.05, 3.63) is 35.6 Å². The van der Waals surface area contributed by atoms with Crippen LogP contribution in [0.1, 0.15) is 37.0 Å². The van der Waals surface area contributed by atoms with Gasteiger partial charge in [0.05, 0.1) is 0 Å². The minimum Gasteiger partial charge on any atom is -0.375 e. The molecule has 28 heavy (non-hydrogen) atoms. The summed E-state index contributed by atoms with van der Waals surface area (Å²) in [7, 11) is 1.47. The Bertz CT molecular complexity index is 685. The van der Waals surface area contributed by atoms with E-state index in [-0.39, 0.29) is 35.9 Å². The van der Waals surface area contributed by atoms with Crippen molar-refractivity contribution in [3.8, 4) is 0 Å². The van der Waals surface area contributed by atoms with Crippen molar-refractivity contribution in [1.82, 2.24) is 15.5 Å². The maximum atomic E-state index is 13.1. The molecule has 0 radical (unpaired) electrons. The summed E-state index contributed by atoms with van der Waals surface area (Å²) in [4.78, 5) is 38.9. The van der Waals surface area contributed by atoms with Crippen molar-refractivity contribution in [2.24, 2.45) is 5.92 Å². The molecule has 1 aliphatic heterocycles. The zero-order valence-corrected chi connectivity index (χ0v) is 16.5. The number of ether oxygens (including phenoxy) is 1. The van der Waals surface area contributed by atoms with E-state index >= 15 is 0 Å². The molecule has 0 spiro atoms. The first-order valence-corrected chi connectivity index (χ1v) is 9.45. The number of likely N-dealkylation sites (tertiary alicyclic amines) is 1. The Hall–Kier alpha value is -2.48. The minimum absolute atomic E-state index is 0.0310. The first kappa shape index (κ1) is 21.8. The van der Waals surface area contributed by atoms with Crippen LogP contribution >= 0.6 is 0 Å². The highest BCUT2D eigenvalue weighted by Crippen LogP contribution is 2.22.